The van der Waals surface area contributed by atoms with Crippen molar-refractivity contribution in [2.45, 2.75) is 0 Å². The average Bonchev–Trinajstić information content (AvgIpc) is 2.74. The van der Waals surface area contributed by atoms with E-state index < -0.39 is 11.9 Å². The molecule has 0 N–H and O–H groups in total. The normalized spacial score (nSPS) is 10.1. The summed E-state index contributed by atoms with van der Waals surface area (Å²) in [6.07, 6.45) is 2.22. The Hall–Kier alpha value is -3.63. The van der Waals surface area contributed by atoms with Crippen LogP contribution in [0.3, 0.4) is 0 Å². The van der Waals surface area contributed by atoms with Crippen LogP contribution in [-0.2, 0) is 9.59 Å². The second kappa shape index (κ2) is 9.04. The van der Waals surface area contributed by atoms with Gasteiger partial charge in [0.2, 0.25) is 0 Å². The van der Waals surface area contributed by atoms with E-state index in [2.05, 4.69) is 13.2 Å². The second-order valence-electron chi connectivity index (χ2n) is 6.03. The third kappa shape index (κ3) is 5.21. The minimum atomic E-state index is -0.509. The van der Waals surface area contributed by atoms with Gasteiger partial charge in [-0.1, -0.05) is 49.0 Å². The van der Waals surface area contributed by atoms with E-state index in [1.54, 1.807) is 24.3 Å². The molecule has 0 aliphatic carbocycles. The standard InChI is InChI=1S/C24H17ClO4/c1-3-23(26)28-21-9-5-16(6-10-21)18-13-19(15-20(25)14-18)17-7-11-22(12-8-17)29-24(27)4-2/h3-15H,1-2H2. The molecule has 4 nitrogen and oxygen atoms in total. The van der Waals surface area contributed by atoms with Gasteiger partial charge in [-0.05, 0) is 64.7 Å². The lowest BCUT2D eigenvalue weighted by molar-refractivity contribution is -0.129. The lowest BCUT2D eigenvalue weighted by Crippen LogP contribution is -2.02. The number of benzene rings is 3. The number of halogens is 1. The molecule has 0 spiro atoms. The summed E-state index contributed by atoms with van der Waals surface area (Å²) in [6.45, 7) is 6.75. The molecule has 0 heterocycles. The van der Waals surface area contributed by atoms with Crippen LogP contribution in [0.4, 0.5) is 0 Å². The molecular weight excluding hydrogens is 388 g/mol. The fourth-order valence-corrected chi connectivity index (χ4v) is 2.90. The van der Waals surface area contributed by atoms with Crippen molar-refractivity contribution < 1.29 is 19.1 Å². The summed E-state index contributed by atoms with van der Waals surface area (Å²) in [7, 11) is 0. The Morgan fingerprint density at radius 2 is 1.03 bits per heavy atom. The molecule has 0 saturated carbocycles. The van der Waals surface area contributed by atoms with Gasteiger partial charge in [0, 0.05) is 17.2 Å². The topological polar surface area (TPSA) is 52.6 Å². The van der Waals surface area contributed by atoms with E-state index in [9.17, 15) is 9.59 Å². The number of carbonyl (C=O) groups excluding carboxylic acids is 2. The maximum absolute atomic E-state index is 11.3. The highest BCUT2D eigenvalue weighted by molar-refractivity contribution is 6.31. The van der Waals surface area contributed by atoms with Gasteiger partial charge in [0.05, 0.1) is 0 Å². The fourth-order valence-electron chi connectivity index (χ4n) is 2.67. The number of ether oxygens (including phenoxy) is 2. The molecule has 0 bridgehead atoms. The van der Waals surface area contributed by atoms with Crippen LogP contribution in [-0.4, -0.2) is 11.9 Å². The first kappa shape index (κ1) is 20.1. The summed E-state index contributed by atoms with van der Waals surface area (Å²) < 4.78 is 10.2. The van der Waals surface area contributed by atoms with E-state index in [0.717, 1.165) is 34.4 Å². The van der Waals surface area contributed by atoms with Crippen molar-refractivity contribution in [1.82, 2.24) is 0 Å². The lowest BCUT2D eigenvalue weighted by Gasteiger charge is -2.09. The first-order valence-electron chi connectivity index (χ1n) is 8.68. The van der Waals surface area contributed by atoms with Gasteiger partial charge < -0.3 is 9.47 Å². The molecule has 0 radical (unpaired) electrons. The molecule has 3 rings (SSSR count). The molecule has 0 fully saturated rings. The van der Waals surface area contributed by atoms with Gasteiger partial charge >= 0.3 is 11.9 Å². The molecule has 0 unspecified atom stereocenters. The lowest BCUT2D eigenvalue weighted by atomic mass is 9.99. The van der Waals surface area contributed by atoms with Gasteiger partial charge in [0.25, 0.3) is 0 Å². The molecule has 0 aliphatic rings. The largest absolute Gasteiger partial charge is 0.423 e. The summed E-state index contributed by atoms with van der Waals surface area (Å²) in [5.74, 6) is -0.147. The predicted octanol–water partition coefficient (Wildman–Crippen LogP) is 5.86. The zero-order valence-corrected chi connectivity index (χ0v) is 16.2. The smallest absolute Gasteiger partial charge is 0.335 e. The Bertz CT molecular complexity index is 983. The van der Waals surface area contributed by atoms with Gasteiger partial charge in [0.15, 0.2) is 0 Å². The summed E-state index contributed by atoms with van der Waals surface area (Å²) >= 11 is 6.33. The van der Waals surface area contributed by atoms with Gasteiger partial charge in [-0.15, -0.1) is 0 Å². The van der Waals surface area contributed by atoms with E-state index in [0.29, 0.717) is 16.5 Å². The van der Waals surface area contributed by atoms with Crippen LogP contribution in [0.5, 0.6) is 11.5 Å². The highest BCUT2D eigenvalue weighted by Gasteiger charge is 2.07. The molecule has 144 valence electrons. The first-order valence-corrected chi connectivity index (χ1v) is 9.06. The Morgan fingerprint density at radius 3 is 1.38 bits per heavy atom. The molecule has 3 aromatic rings. The first-order chi connectivity index (χ1) is 14.0. The zero-order valence-electron chi connectivity index (χ0n) is 15.4. The van der Waals surface area contributed by atoms with Crippen molar-refractivity contribution in [3.63, 3.8) is 0 Å². The predicted molar refractivity (Wildman–Crippen MR) is 114 cm³/mol. The monoisotopic (exact) mass is 404 g/mol. The van der Waals surface area contributed by atoms with Gasteiger partial charge in [-0.3, -0.25) is 0 Å². The summed E-state index contributed by atoms with van der Waals surface area (Å²) in [5, 5.41) is 0.585. The van der Waals surface area contributed by atoms with E-state index in [-0.39, 0.29) is 0 Å². The Labute approximate surface area is 173 Å². The number of esters is 2. The maximum atomic E-state index is 11.3. The van der Waals surface area contributed by atoms with Crippen molar-refractivity contribution in [3.8, 4) is 33.8 Å². The highest BCUT2D eigenvalue weighted by atomic mass is 35.5. The van der Waals surface area contributed by atoms with Crippen LogP contribution in [0, 0.1) is 0 Å². The van der Waals surface area contributed by atoms with Crippen molar-refractivity contribution in [1.29, 1.82) is 0 Å². The molecule has 0 aliphatic heterocycles. The minimum Gasteiger partial charge on any atom is -0.423 e. The van der Waals surface area contributed by atoms with Crippen molar-refractivity contribution >= 4 is 23.5 Å². The van der Waals surface area contributed by atoms with Gasteiger partial charge in [-0.2, -0.15) is 0 Å². The third-order valence-electron chi connectivity index (χ3n) is 4.04. The summed E-state index contributed by atoms with van der Waals surface area (Å²) in [5.41, 5.74) is 3.67. The molecule has 0 saturated heterocycles. The quantitative estimate of drug-likeness (QED) is 0.293. The molecule has 0 amide bonds. The molecule has 0 atom stereocenters. The van der Waals surface area contributed by atoms with E-state index in [4.69, 9.17) is 21.1 Å². The summed E-state index contributed by atoms with van der Waals surface area (Å²) in [4.78, 5) is 22.6. The number of rotatable bonds is 6. The minimum absolute atomic E-state index is 0.436. The third-order valence-corrected chi connectivity index (χ3v) is 4.26. The van der Waals surface area contributed by atoms with E-state index >= 15 is 0 Å². The fraction of sp³-hybridized carbons (Fsp3) is 0. The average molecular weight is 405 g/mol. The number of carbonyl (C=O) groups is 2. The Balaban J connectivity index is 1.86. The van der Waals surface area contributed by atoms with E-state index in [1.807, 2.05) is 42.5 Å². The molecule has 3 aromatic carbocycles. The van der Waals surface area contributed by atoms with Crippen molar-refractivity contribution in [2.24, 2.45) is 0 Å². The number of hydrogen-bond acceptors (Lipinski definition) is 4. The molecule has 5 heteroatoms. The van der Waals surface area contributed by atoms with Gasteiger partial charge in [-0.25, -0.2) is 9.59 Å². The molecular formula is C24H17ClO4. The summed E-state index contributed by atoms with van der Waals surface area (Å²) in [6, 6.07) is 19.9. The number of hydrogen-bond donors (Lipinski definition) is 0. The van der Waals surface area contributed by atoms with Crippen LogP contribution in [0.15, 0.2) is 92.0 Å². The zero-order chi connectivity index (χ0) is 20.8. The van der Waals surface area contributed by atoms with Crippen molar-refractivity contribution in [3.05, 3.63) is 97.1 Å². The highest BCUT2D eigenvalue weighted by Crippen LogP contribution is 2.32. The van der Waals surface area contributed by atoms with Crippen molar-refractivity contribution in [2.75, 3.05) is 0 Å². The van der Waals surface area contributed by atoms with Crippen LogP contribution < -0.4 is 9.47 Å². The van der Waals surface area contributed by atoms with Gasteiger partial charge in [0.1, 0.15) is 11.5 Å². The van der Waals surface area contributed by atoms with E-state index in [1.165, 1.54) is 0 Å². The van der Waals surface area contributed by atoms with Crippen LogP contribution >= 0.6 is 11.6 Å². The van der Waals surface area contributed by atoms with Crippen LogP contribution in [0.2, 0.25) is 5.02 Å². The molecule has 29 heavy (non-hydrogen) atoms. The molecule has 0 aromatic heterocycles. The Morgan fingerprint density at radius 1 is 0.655 bits per heavy atom. The second-order valence-corrected chi connectivity index (χ2v) is 6.46. The maximum Gasteiger partial charge on any atom is 0.335 e. The Kier molecular flexibility index (Phi) is 6.27. The van der Waals surface area contributed by atoms with Crippen LogP contribution in [0.25, 0.3) is 22.3 Å². The SMILES string of the molecule is C=CC(=O)Oc1ccc(-c2cc(Cl)cc(-c3ccc(OC(=O)C=C)cc3)c2)cc1. The van der Waals surface area contributed by atoms with Crippen LogP contribution in [0.1, 0.15) is 0 Å².